The largest absolute Gasteiger partial charge is 0.269 e. The monoisotopic (exact) mass is 253 g/mol. The highest BCUT2D eigenvalue weighted by molar-refractivity contribution is 6.48. The molecule has 1 atom stereocenters. The van der Waals surface area contributed by atoms with E-state index < -0.39 is 15.1 Å². The average molecular weight is 254 g/mol. The molecule has 0 amide bonds. The van der Waals surface area contributed by atoms with E-state index in [0.29, 0.717) is 5.56 Å². The fourth-order valence-electron chi connectivity index (χ4n) is 0.955. The fourth-order valence-corrected chi connectivity index (χ4v) is 1.38. The fraction of sp³-hybridized carbons (Fsp3) is 0.250. The van der Waals surface area contributed by atoms with E-state index in [9.17, 15) is 10.1 Å². The van der Waals surface area contributed by atoms with E-state index in [1.54, 1.807) is 12.1 Å². The third-order valence-electron chi connectivity index (χ3n) is 1.62. The Balaban J connectivity index is 2.99. The lowest BCUT2D eigenvalue weighted by Crippen LogP contribution is -2.00. The van der Waals surface area contributed by atoms with Gasteiger partial charge in [0.25, 0.3) is 5.69 Å². The first kappa shape index (κ1) is 11.6. The van der Waals surface area contributed by atoms with Crippen LogP contribution in [0, 0.1) is 10.1 Å². The summed E-state index contributed by atoms with van der Waals surface area (Å²) in [6, 6.07) is 5.92. The van der Waals surface area contributed by atoms with Gasteiger partial charge in [-0.25, -0.2) is 0 Å². The molecule has 0 N–H and O–H groups in total. The minimum atomic E-state index is -0.793. The molecule has 0 heterocycles. The van der Waals surface area contributed by atoms with Crippen LogP contribution in [0.25, 0.3) is 0 Å². The number of halogens is 3. The van der Waals surface area contributed by atoms with E-state index in [4.69, 9.17) is 34.8 Å². The number of rotatable bonds is 3. The van der Waals surface area contributed by atoms with Crippen molar-refractivity contribution in [3.8, 4) is 0 Å². The molecule has 0 fully saturated rings. The quantitative estimate of drug-likeness (QED) is 0.469. The van der Waals surface area contributed by atoms with E-state index in [1.807, 2.05) is 0 Å². The first-order valence-corrected chi connectivity index (χ1v) is 5.00. The van der Waals surface area contributed by atoms with Crippen molar-refractivity contribution in [2.24, 2.45) is 0 Å². The van der Waals surface area contributed by atoms with Crippen LogP contribution in [0.5, 0.6) is 0 Å². The third-order valence-corrected chi connectivity index (χ3v) is 2.89. The normalized spacial score (nSPS) is 12.9. The summed E-state index contributed by atoms with van der Waals surface area (Å²) in [7, 11) is 0. The van der Waals surface area contributed by atoms with Gasteiger partial charge >= 0.3 is 0 Å². The molecule has 1 rings (SSSR count). The highest BCUT2D eigenvalue weighted by Crippen LogP contribution is 2.31. The first-order chi connectivity index (χ1) is 6.52. The lowest BCUT2D eigenvalue weighted by molar-refractivity contribution is -0.384. The Bertz CT molecular complexity index is 343. The maximum absolute atomic E-state index is 10.4. The summed E-state index contributed by atoms with van der Waals surface area (Å²) in [5.74, 6) is 0. The van der Waals surface area contributed by atoms with E-state index in [0.717, 1.165) is 0 Å². The van der Waals surface area contributed by atoms with Crippen molar-refractivity contribution in [3.63, 3.8) is 0 Å². The van der Waals surface area contributed by atoms with Crippen molar-refractivity contribution in [1.29, 1.82) is 0 Å². The number of nitrogens with zero attached hydrogens (tertiary/aromatic N) is 1. The van der Waals surface area contributed by atoms with Crippen molar-refractivity contribution in [3.05, 3.63) is 39.9 Å². The molecule has 1 aromatic rings. The molecule has 0 saturated carbocycles. The molecule has 0 aromatic heterocycles. The molecule has 0 bridgehead atoms. The molecule has 1 aromatic carbocycles. The minimum Gasteiger partial charge on any atom is -0.258 e. The summed E-state index contributed by atoms with van der Waals surface area (Å²) < 4.78 is 0. The van der Waals surface area contributed by atoms with Crippen LogP contribution in [-0.4, -0.2) is 9.76 Å². The second-order valence-corrected chi connectivity index (χ2v) is 4.22. The molecule has 0 saturated heterocycles. The second-order valence-electron chi connectivity index (χ2n) is 2.59. The van der Waals surface area contributed by atoms with Crippen molar-refractivity contribution in [2.75, 3.05) is 0 Å². The molecule has 0 aliphatic heterocycles. The lowest BCUT2D eigenvalue weighted by Gasteiger charge is -2.09. The Kier molecular flexibility index (Phi) is 3.98. The molecule has 76 valence electrons. The van der Waals surface area contributed by atoms with Crippen LogP contribution in [0.1, 0.15) is 10.9 Å². The highest BCUT2D eigenvalue weighted by Gasteiger charge is 2.18. The van der Waals surface area contributed by atoms with E-state index in [1.165, 1.54) is 12.1 Å². The van der Waals surface area contributed by atoms with Gasteiger partial charge in [0, 0.05) is 12.1 Å². The predicted molar refractivity (Wildman–Crippen MR) is 57.2 cm³/mol. The highest BCUT2D eigenvalue weighted by atomic mass is 35.5. The SMILES string of the molecule is O=[N+]([O-])c1cccc(C(Cl)C(Cl)Cl)c1. The molecule has 6 heteroatoms. The Hall–Kier alpha value is -0.510. The predicted octanol–water partition coefficient (Wildman–Crippen LogP) is 3.68. The number of hydrogen-bond acceptors (Lipinski definition) is 2. The third kappa shape index (κ3) is 2.74. The molecule has 14 heavy (non-hydrogen) atoms. The van der Waals surface area contributed by atoms with Gasteiger partial charge in [-0.2, -0.15) is 0 Å². The van der Waals surface area contributed by atoms with Crippen LogP contribution in [0.4, 0.5) is 5.69 Å². The topological polar surface area (TPSA) is 43.1 Å². The smallest absolute Gasteiger partial charge is 0.258 e. The molecular formula is C8H6Cl3NO2. The summed E-state index contributed by atoms with van der Waals surface area (Å²) in [5.41, 5.74) is 0.512. The van der Waals surface area contributed by atoms with E-state index in [2.05, 4.69) is 0 Å². The Morgan fingerprint density at radius 3 is 2.43 bits per heavy atom. The molecule has 1 unspecified atom stereocenters. The first-order valence-electron chi connectivity index (χ1n) is 3.69. The Morgan fingerprint density at radius 1 is 1.29 bits per heavy atom. The number of non-ortho nitro benzene ring substituents is 1. The molecular weight excluding hydrogens is 248 g/mol. The standard InChI is InChI=1S/C8H6Cl3NO2/c9-7(8(10)11)5-2-1-3-6(4-5)12(13)14/h1-4,7-8H. The van der Waals surface area contributed by atoms with Gasteiger partial charge in [0.15, 0.2) is 0 Å². The summed E-state index contributed by atoms with van der Waals surface area (Å²) in [6.45, 7) is 0. The number of hydrogen-bond donors (Lipinski definition) is 0. The number of benzene rings is 1. The van der Waals surface area contributed by atoms with E-state index >= 15 is 0 Å². The summed E-state index contributed by atoms with van der Waals surface area (Å²) in [5, 5.41) is 9.80. The maximum Gasteiger partial charge on any atom is 0.269 e. The van der Waals surface area contributed by atoms with Crippen LogP contribution in [0.3, 0.4) is 0 Å². The zero-order valence-corrected chi connectivity index (χ0v) is 9.13. The van der Waals surface area contributed by atoms with Crippen molar-refractivity contribution >= 4 is 40.5 Å². The maximum atomic E-state index is 10.4. The summed E-state index contributed by atoms with van der Waals surface area (Å²) in [6.07, 6.45) is 0. The van der Waals surface area contributed by atoms with Gasteiger partial charge in [-0.15, -0.1) is 34.8 Å². The number of alkyl halides is 3. The molecule has 3 nitrogen and oxygen atoms in total. The van der Waals surface area contributed by atoms with Gasteiger partial charge in [-0.05, 0) is 5.56 Å². The zero-order chi connectivity index (χ0) is 10.7. The average Bonchev–Trinajstić information content (AvgIpc) is 2.16. The minimum absolute atomic E-state index is 0.0258. The lowest BCUT2D eigenvalue weighted by atomic mass is 10.1. The van der Waals surface area contributed by atoms with Crippen molar-refractivity contribution in [2.45, 2.75) is 10.2 Å². The van der Waals surface area contributed by atoms with Gasteiger partial charge in [-0.1, -0.05) is 12.1 Å². The van der Waals surface area contributed by atoms with Gasteiger partial charge in [0.2, 0.25) is 0 Å². The van der Waals surface area contributed by atoms with Gasteiger partial charge < -0.3 is 0 Å². The zero-order valence-electron chi connectivity index (χ0n) is 6.86. The van der Waals surface area contributed by atoms with Gasteiger partial charge in [0.1, 0.15) is 4.84 Å². The Morgan fingerprint density at radius 2 is 1.93 bits per heavy atom. The second kappa shape index (κ2) is 4.82. The summed E-state index contributed by atoms with van der Waals surface area (Å²) in [4.78, 5) is 9.15. The Labute approximate surface area is 95.7 Å². The van der Waals surface area contributed by atoms with Gasteiger partial charge in [-0.3, -0.25) is 10.1 Å². The van der Waals surface area contributed by atoms with Crippen LogP contribution in [-0.2, 0) is 0 Å². The summed E-state index contributed by atoms with van der Waals surface area (Å²) >= 11 is 16.9. The van der Waals surface area contributed by atoms with Crippen molar-refractivity contribution < 1.29 is 4.92 Å². The number of nitro benzene ring substituents is 1. The van der Waals surface area contributed by atoms with Crippen LogP contribution in [0.15, 0.2) is 24.3 Å². The van der Waals surface area contributed by atoms with Crippen LogP contribution in [0.2, 0.25) is 0 Å². The van der Waals surface area contributed by atoms with Crippen LogP contribution < -0.4 is 0 Å². The molecule has 0 aliphatic carbocycles. The molecule has 0 radical (unpaired) electrons. The molecule has 0 aliphatic rings. The molecule has 0 spiro atoms. The van der Waals surface area contributed by atoms with Crippen LogP contribution >= 0.6 is 34.8 Å². The van der Waals surface area contributed by atoms with Gasteiger partial charge in [0.05, 0.1) is 10.3 Å². The van der Waals surface area contributed by atoms with E-state index in [-0.39, 0.29) is 5.69 Å². The number of nitro groups is 1. The van der Waals surface area contributed by atoms with Crippen molar-refractivity contribution in [1.82, 2.24) is 0 Å².